The third-order valence-electron chi connectivity index (χ3n) is 3.86. The summed E-state index contributed by atoms with van der Waals surface area (Å²) in [6.07, 6.45) is 1.77. The van der Waals surface area contributed by atoms with Crippen LogP contribution < -0.4 is 5.84 Å². The van der Waals surface area contributed by atoms with Crippen molar-refractivity contribution in [3.8, 4) is 11.4 Å². The molecular formula is C18H14ClN5S. The molecule has 0 amide bonds. The van der Waals surface area contributed by atoms with Gasteiger partial charge in [0.1, 0.15) is 0 Å². The number of hydrogen-bond donors (Lipinski definition) is 1. The molecule has 7 heteroatoms. The lowest BCUT2D eigenvalue weighted by atomic mass is 10.1. The van der Waals surface area contributed by atoms with E-state index < -0.39 is 0 Å². The van der Waals surface area contributed by atoms with E-state index in [4.69, 9.17) is 17.4 Å². The van der Waals surface area contributed by atoms with Crippen LogP contribution in [0.1, 0.15) is 5.56 Å². The van der Waals surface area contributed by atoms with E-state index in [2.05, 4.69) is 15.2 Å². The standard InChI is InChI=1S/C18H14ClN5S/c19-15-9-8-12-7-4-10-21-16(12)14(15)11-25-18-23-22-17(24(18)20)13-5-2-1-3-6-13/h1-10H,11,20H2. The second-order valence-corrected chi connectivity index (χ2v) is 6.78. The smallest absolute Gasteiger partial charge is 0.210 e. The van der Waals surface area contributed by atoms with Gasteiger partial charge in [0.2, 0.25) is 5.16 Å². The van der Waals surface area contributed by atoms with Crippen LogP contribution in [0, 0.1) is 0 Å². The molecule has 0 aliphatic carbocycles. The number of nitrogens with two attached hydrogens (primary N) is 1. The first-order valence-corrected chi connectivity index (χ1v) is 9.01. The van der Waals surface area contributed by atoms with Gasteiger partial charge in [-0.2, -0.15) is 0 Å². The molecule has 2 aromatic heterocycles. The highest BCUT2D eigenvalue weighted by Gasteiger charge is 2.14. The number of fused-ring (bicyclic) bond motifs is 1. The summed E-state index contributed by atoms with van der Waals surface area (Å²) in [6.45, 7) is 0. The number of hydrogen-bond acceptors (Lipinski definition) is 5. The number of nitrogens with zero attached hydrogens (tertiary/aromatic N) is 4. The third kappa shape index (κ3) is 3.06. The summed E-state index contributed by atoms with van der Waals surface area (Å²) in [6, 6.07) is 17.5. The Labute approximate surface area is 153 Å². The molecule has 0 fully saturated rings. The summed E-state index contributed by atoms with van der Waals surface area (Å²) < 4.78 is 1.51. The normalized spacial score (nSPS) is 11.1. The molecule has 0 aliphatic heterocycles. The SMILES string of the molecule is Nn1c(SCc2c(Cl)ccc3cccnc23)nnc1-c1ccccc1. The topological polar surface area (TPSA) is 69.6 Å². The van der Waals surface area contributed by atoms with Gasteiger partial charge in [0.25, 0.3) is 0 Å². The van der Waals surface area contributed by atoms with Crippen LogP contribution in [0.15, 0.2) is 66.0 Å². The molecule has 0 radical (unpaired) electrons. The van der Waals surface area contributed by atoms with Crippen molar-refractivity contribution in [2.24, 2.45) is 0 Å². The number of rotatable bonds is 4. The van der Waals surface area contributed by atoms with Gasteiger partial charge in [-0.3, -0.25) is 4.98 Å². The zero-order valence-electron chi connectivity index (χ0n) is 13.1. The molecule has 25 heavy (non-hydrogen) atoms. The van der Waals surface area contributed by atoms with Crippen molar-refractivity contribution >= 4 is 34.3 Å². The molecule has 0 atom stereocenters. The zero-order chi connectivity index (χ0) is 17.2. The summed E-state index contributed by atoms with van der Waals surface area (Å²) in [7, 11) is 0. The Kier molecular flexibility index (Phi) is 4.29. The fraction of sp³-hybridized carbons (Fsp3) is 0.0556. The van der Waals surface area contributed by atoms with Gasteiger partial charge in [-0.25, -0.2) is 4.68 Å². The van der Waals surface area contributed by atoms with Crippen molar-refractivity contribution in [2.45, 2.75) is 10.9 Å². The molecule has 0 unspecified atom stereocenters. The van der Waals surface area contributed by atoms with E-state index in [1.165, 1.54) is 16.4 Å². The van der Waals surface area contributed by atoms with E-state index in [9.17, 15) is 0 Å². The Morgan fingerprint density at radius 3 is 2.68 bits per heavy atom. The average molecular weight is 368 g/mol. The fourth-order valence-electron chi connectivity index (χ4n) is 2.61. The number of nitrogen functional groups attached to an aromatic ring is 1. The molecule has 2 aromatic carbocycles. The van der Waals surface area contributed by atoms with Crippen molar-refractivity contribution in [3.63, 3.8) is 0 Å². The molecule has 124 valence electrons. The van der Waals surface area contributed by atoms with Gasteiger partial charge < -0.3 is 5.84 Å². The lowest BCUT2D eigenvalue weighted by Gasteiger charge is -2.08. The van der Waals surface area contributed by atoms with Gasteiger partial charge in [0.15, 0.2) is 5.82 Å². The van der Waals surface area contributed by atoms with Crippen LogP contribution >= 0.6 is 23.4 Å². The van der Waals surface area contributed by atoms with Gasteiger partial charge in [0, 0.05) is 33.5 Å². The van der Waals surface area contributed by atoms with Crippen LogP contribution in [0.5, 0.6) is 0 Å². The monoisotopic (exact) mass is 367 g/mol. The molecule has 5 nitrogen and oxygen atoms in total. The first kappa shape index (κ1) is 15.9. The van der Waals surface area contributed by atoms with Gasteiger partial charge in [0.05, 0.1) is 5.52 Å². The average Bonchev–Trinajstić information content (AvgIpc) is 3.02. The Bertz CT molecular complexity index is 1030. The molecule has 0 aliphatic rings. The predicted octanol–water partition coefficient (Wildman–Crippen LogP) is 4.15. The van der Waals surface area contributed by atoms with E-state index in [0.29, 0.717) is 21.8 Å². The largest absolute Gasteiger partial charge is 0.335 e. The van der Waals surface area contributed by atoms with Crippen molar-refractivity contribution < 1.29 is 0 Å². The van der Waals surface area contributed by atoms with Gasteiger partial charge in [-0.15, -0.1) is 10.2 Å². The van der Waals surface area contributed by atoms with Crippen LogP contribution in [0.25, 0.3) is 22.3 Å². The molecular weight excluding hydrogens is 354 g/mol. The maximum Gasteiger partial charge on any atom is 0.210 e. The summed E-state index contributed by atoms with van der Waals surface area (Å²) in [5.74, 6) is 7.41. The van der Waals surface area contributed by atoms with Crippen molar-refractivity contribution in [2.75, 3.05) is 5.84 Å². The van der Waals surface area contributed by atoms with E-state index in [0.717, 1.165) is 22.0 Å². The molecule has 0 saturated carbocycles. The van der Waals surface area contributed by atoms with Crippen LogP contribution in [0.2, 0.25) is 5.02 Å². The van der Waals surface area contributed by atoms with Crippen LogP contribution in [-0.2, 0) is 5.75 Å². The number of thioether (sulfide) groups is 1. The maximum atomic E-state index is 6.38. The van der Waals surface area contributed by atoms with Crippen molar-refractivity contribution in [1.82, 2.24) is 19.9 Å². The summed E-state index contributed by atoms with van der Waals surface area (Å²) >= 11 is 7.87. The third-order valence-corrected chi connectivity index (χ3v) is 5.19. The molecule has 0 spiro atoms. The highest BCUT2D eigenvalue weighted by atomic mass is 35.5. The van der Waals surface area contributed by atoms with E-state index >= 15 is 0 Å². The summed E-state index contributed by atoms with van der Waals surface area (Å²) in [5, 5.41) is 10.8. The van der Waals surface area contributed by atoms with Crippen LogP contribution in [0.4, 0.5) is 0 Å². The van der Waals surface area contributed by atoms with E-state index in [1.54, 1.807) is 6.20 Å². The lowest BCUT2D eigenvalue weighted by molar-refractivity contribution is 0.849. The van der Waals surface area contributed by atoms with Gasteiger partial charge in [-0.05, 0) is 12.1 Å². The maximum absolute atomic E-state index is 6.38. The first-order valence-electron chi connectivity index (χ1n) is 7.65. The Hall–Kier alpha value is -2.57. The minimum absolute atomic E-state index is 0.608. The molecule has 2 heterocycles. The Morgan fingerprint density at radius 2 is 1.84 bits per heavy atom. The molecule has 2 N–H and O–H groups in total. The number of pyridine rings is 1. The van der Waals surface area contributed by atoms with E-state index in [-0.39, 0.29) is 0 Å². The summed E-state index contributed by atoms with van der Waals surface area (Å²) in [4.78, 5) is 4.46. The quantitative estimate of drug-likeness (QED) is 0.433. The zero-order valence-corrected chi connectivity index (χ0v) is 14.7. The number of aromatic nitrogens is 4. The van der Waals surface area contributed by atoms with Crippen LogP contribution in [-0.4, -0.2) is 19.9 Å². The highest BCUT2D eigenvalue weighted by molar-refractivity contribution is 7.98. The second-order valence-electron chi connectivity index (χ2n) is 5.43. The lowest BCUT2D eigenvalue weighted by Crippen LogP contribution is -2.11. The first-order chi connectivity index (χ1) is 12.2. The minimum atomic E-state index is 0.608. The predicted molar refractivity (Wildman–Crippen MR) is 102 cm³/mol. The van der Waals surface area contributed by atoms with Crippen molar-refractivity contribution in [3.05, 3.63) is 71.4 Å². The Morgan fingerprint density at radius 1 is 1.00 bits per heavy atom. The minimum Gasteiger partial charge on any atom is -0.335 e. The molecule has 0 bridgehead atoms. The second kappa shape index (κ2) is 6.74. The number of halogens is 1. The van der Waals surface area contributed by atoms with Gasteiger partial charge in [-0.1, -0.05) is 65.8 Å². The van der Waals surface area contributed by atoms with Crippen LogP contribution in [0.3, 0.4) is 0 Å². The molecule has 4 rings (SSSR count). The summed E-state index contributed by atoms with van der Waals surface area (Å²) in [5.41, 5.74) is 2.79. The fourth-order valence-corrected chi connectivity index (χ4v) is 3.80. The Balaban J connectivity index is 1.63. The molecule has 4 aromatic rings. The highest BCUT2D eigenvalue weighted by Crippen LogP contribution is 2.31. The number of benzene rings is 2. The van der Waals surface area contributed by atoms with Crippen molar-refractivity contribution in [1.29, 1.82) is 0 Å². The van der Waals surface area contributed by atoms with E-state index in [1.807, 2.05) is 54.6 Å². The molecule has 0 saturated heterocycles. The van der Waals surface area contributed by atoms with Gasteiger partial charge >= 0.3 is 0 Å².